The standard InChI is InChI=1S/C13H24N4O/c1-9(12(18)16-13(3,4)5)14-7-11-8-15-17(6)10(11)2/h8-9,14H,7H2,1-6H3,(H,16,18). The second kappa shape index (κ2) is 5.52. The first-order valence-electron chi connectivity index (χ1n) is 6.23. The van der Waals surface area contributed by atoms with Crippen molar-refractivity contribution in [2.75, 3.05) is 0 Å². The summed E-state index contributed by atoms with van der Waals surface area (Å²) in [6.07, 6.45) is 1.83. The van der Waals surface area contributed by atoms with Gasteiger partial charge < -0.3 is 10.6 Å². The van der Waals surface area contributed by atoms with Crippen LogP contribution in [0.1, 0.15) is 39.0 Å². The van der Waals surface area contributed by atoms with Gasteiger partial charge in [-0.25, -0.2) is 0 Å². The van der Waals surface area contributed by atoms with E-state index in [1.54, 1.807) is 0 Å². The fraction of sp³-hybridized carbons (Fsp3) is 0.692. The Morgan fingerprint density at radius 1 is 1.50 bits per heavy atom. The number of nitrogens with zero attached hydrogens (tertiary/aromatic N) is 2. The van der Waals surface area contributed by atoms with Gasteiger partial charge in [-0.15, -0.1) is 0 Å². The summed E-state index contributed by atoms with van der Waals surface area (Å²) in [5.41, 5.74) is 2.04. The van der Waals surface area contributed by atoms with E-state index in [0.717, 1.165) is 11.3 Å². The van der Waals surface area contributed by atoms with Crippen LogP contribution in [0.2, 0.25) is 0 Å². The molecule has 102 valence electrons. The van der Waals surface area contributed by atoms with Crippen LogP contribution in [0.3, 0.4) is 0 Å². The second-order valence-electron chi connectivity index (χ2n) is 5.72. The Bertz CT molecular complexity index is 417. The summed E-state index contributed by atoms with van der Waals surface area (Å²) in [6, 6.07) is -0.219. The van der Waals surface area contributed by atoms with Crippen molar-refractivity contribution in [2.45, 2.75) is 52.7 Å². The summed E-state index contributed by atoms with van der Waals surface area (Å²) in [5, 5.41) is 10.3. The summed E-state index contributed by atoms with van der Waals surface area (Å²) in [4.78, 5) is 11.9. The van der Waals surface area contributed by atoms with Crippen LogP contribution in [0, 0.1) is 6.92 Å². The number of amides is 1. The van der Waals surface area contributed by atoms with Crippen LogP contribution in [0.4, 0.5) is 0 Å². The van der Waals surface area contributed by atoms with Crippen LogP contribution in [0.25, 0.3) is 0 Å². The molecule has 5 heteroatoms. The van der Waals surface area contributed by atoms with E-state index in [4.69, 9.17) is 0 Å². The molecule has 0 fully saturated rings. The summed E-state index contributed by atoms with van der Waals surface area (Å²) >= 11 is 0. The molecule has 0 spiro atoms. The van der Waals surface area contributed by atoms with E-state index in [-0.39, 0.29) is 17.5 Å². The first kappa shape index (κ1) is 14.7. The lowest BCUT2D eigenvalue weighted by Crippen LogP contribution is -2.49. The highest BCUT2D eigenvalue weighted by Crippen LogP contribution is 2.05. The third-order valence-electron chi connectivity index (χ3n) is 2.83. The Morgan fingerprint density at radius 2 is 2.11 bits per heavy atom. The number of hydrogen-bond donors (Lipinski definition) is 2. The summed E-state index contributed by atoms with van der Waals surface area (Å²) in [7, 11) is 1.91. The van der Waals surface area contributed by atoms with Gasteiger partial charge in [0.15, 0.2) is 0 Å². The van der Waals surface area contributed by atoms with Crippen molar-refractivity contribution >= 4 is 5.91 Å². The van der Waals surface area contributed by atoms with Crippen LogP contribution >= 0.6 is 0 Å². The lowest BCUT2D eigenvalue weighted by Gasteiger charge is -2.23. The third kappa shape index (κ3) is 4.14. The van der Waals surface area contributed by atoms with Crippen molar-refractivity contribution < 1.29 is 4.79 Å². The predicted molar refractivity (Wildman–Crippen MR) is 72.1 cm³/mol. The third-order valence-corrected chi connectivity index (χ3v) is 2.83. The molecule has 2 N–H and O–H groups in total. The van der Waals surface area contributed by atoms with Crippen LogP contribution in [-0.4, -0.2) is 27.3 Å². The number of carbonyl (C=O) groups excluding carboxylic acids is 1. The Labute approximate surface area is 109 Å². The highest BCUT2D eigenvalue weighted by atomic mass is 16.2. The Balaban J connectivity index is 2.49. The molecule has 5 nitrogen and oxygen atoms in total. The Kier molecular flexibility index (Phi) is 4.51. The highest BCUT2D eigenvalue weighted by molar-refractivity contribution is 5.81. The zero-order valence-electron chi connectivity index (χ0n) is 12.2. The summed E-state index contributed by atoms with van der Waals surface area (Å²) in [5.74, 6) is 0.0176. The van der Waals surface area contributed by atoms with Gasteiger partial charge in [0, 0.05) is 30.4 Å². The average molecular weight is 252 g/mol. The van der Waals surface area contributed by atoms with Crippen LogP contribution in [0.5, 0.6) is 0 Å². The fourth-order valence-electron chi connectivity index (χ4n) is 1.55. The molecule has 1 heterocycles. The van der Waals surface area contributed by atoms with Crippen molar-refractivity contribution in [3.8, 4) is 0 Å². The molecular weight excluding hydrogens is 228 g/mol. The van der Waals surface area contributed by atoms with Crippen LogP contribution in [0.15, 0.2) is 6.20 Å². The number of aromatic nitrogens is 2. The van der Waals surface area contributed by atoms with Gasteiger partial charge in [-0.2, -0.15) is 5.10 Å². The van der Waals surface area contributed by atoms with Gasteiger partial charge in [-0.05, 0) is 34.6 Å². The largest absolute Gasteiger partial charge is 0.350 e. The van der Waals surface area contributed by atoms with Gasteiger partial charge >= 0.3 is 0 Å². The summed E-state index contributed by atoms with van der Waals surface area (Å²) in [6.45, 7) is 10.5. The van der Waals surface area contributed by atoms with E-state index in [0.29, 0.717) is 6.54 Å². The molecular formula is C13H24N4O. The molecule has 0 saturated carbocycles. The monoisotopic (exact) mass is 252 g/mol. The fourth-order valence-corrected chi connectivity index (χ4v) is 1.55. The van der Waals surface area contributed by atoms with E-state index in [9.17, 15) is 4.79 Å². The Morgan fingerprint density at radius 3 is 2.56 bits per heavy atom. The van der Waals surface area contributed by atoms with Gasteiger partial charge in [0.2, 0.25) is 5.91 Å². The molecule has 0 bridgehead atoms. The van der Waals surface area contributed by atoms with Crippen LogP contribution < -0.4 is 10.6 Å². The molecule has 1 atom stereocenters. The average Bonchev–Trinajstić information content (AvgIpc) is 2.54. The number of hydrogen-bond acceptors (Lipinski definition) is 3. The predicted octanol–water partition coefficient (Wildman–Crippen LogP) is 1.12. The molecule has 0 aliphatic carbocycles. The van der Waals surface area contributed by atoms with Crippen molar-refractivity contribution in [3.05, 3.63) is 17.5 Å². The smallest absolute Gasteiger partial charge is 0.237 e. The minimum atomic E-state index is -0.219. The van der Waals surface area contributed by atoms with E-state index in [1.165, 1.54) is 0 Å². The quantitative estimate of drug-likeness (QED) is 0.844. The van der Waals surface area contributed by atoms with E-state index in [2.05, 4.69) is 15.7 Å². The minimum Gasteiger partial charge on any atom is -0.350 e. The zero-order chi connectivity index (χ0) is 13.9. The lowest BCUT2D eigenvalue weighted by atomic mass is 10.1. The van der Waals surface area contributed by atoms with Gasteiger partial charge in [-0.3, -0.25) is 9.48 Å². The van der Waals surface area contributed by atoms with Crippen LogP contribution in [-0.2, 0) is 18.4 Å². The van der Waals surface area contributed by atoms with Crippen molar-refractivity contribution in [2.24, 2.45) is 7.05 Å². The molecule has 1 aromatic rings. The minimum absolute atomic E-state index is 0.0176. The molecule has 0 aliphatic heterocycles. The first-order chi connectivity index (χ1) is 8.20. The van der Waals surface area contributed by atoms with E-state index in [1.807, 2.05) is 52.5 Å². The molecule has 1 aromatic heterocycles. The van der Waals surface area contributed by atoms with E-state index >= 15 is 0 Å². The summed E-state index contributed by atoms with van der Waals surface area (Å²) < 4.78 is 1.83. The van der Waals surface area contributed by atoms with Crippen molar-refractivity contribution in [3.63, 3.8) is 0 Å². The number of rotatable bonds is 4. The maximum Gasteiger partial charge on any atom is 0.237 e. The molecule has 18 heavy (non-hydrogen) atoms. The molecule has 1 amide bonds. The molecule has 0 radical (unpaired) electrons. The number of nitrogens with one attached hydrogen (secondary N) is 2. The van der Waals surface area contributed by atoms with Crippen molar-refractivity contribution in [1.29, 1.82) is 0 Å². The number of aryl methyl sites for hydroxylation is 1. The second-order valence-corrected chi connectivity index (χ2v) is 5.72. The van der Waals surface area contributed by atoms with Gasteiger partial charge in [0.1, 0.15) is 0 Å². The molecule has 1 unspecified atom stereocenters. The highest BCUT2D eigenvalue weighted by Gasteiger charge is 2.19. The molecule has 1 rings (SSSR count). The number of carbonyl (C=O) groups is 1. The molecule has 0 aromatic carbocycles. The topological polar surface area (TPSA) is 59.0 Å². The maximum absolute atomic E-state index is 11.9. The normalized spacial score (nSPS) is 13.4. The Hall–Kier alpha value is -1.36. The molecule has 0 saturated heterocycles. The lowest BCUT2D eigenvalue weighted by molar-refractivity contribution is -0.124. The van der Waals surface area contributed by atoms with E-state index < -0.39 is 0 Å². The SMILES string of the molecule is Cc1c(CNC(C)C(=O)NC(C)(C)C)cnn1C. The maximum atomic E-state index is 11.9. The molecule has 0 aliphatic rings. The van der Waals surface area contributed by atoms with Gasteiger partial charge in [-0.1, -0.05) is 0 Å². The zero-order valence-corrected chi connectivity index (χ0v) is 12.2. The van der Waals surface area contributed by atoms with Gasteiger partial charge in [0.05, 0.1) is 12.2 Å². The first-order valence-corrected chi connectivity index (χ1v) is 6.23. The van der Waals surface area contributed by atoms with Crippen molar-refractivity contribution in [1.82, 2.24) is 20.4 Å². The van der Waals surface area contributed by atoms with Gasteiger partial charge in [0.25, 0.3) is 0 Å².